The summed E-state index contributed by atoms with van der Waals surface area (Å²) in [7, 11) is 1.70. The molecular formula is C26H23F4N3. The molecule has 0 fully saturated rings. The lowest BCUT2D eigenvalue weighted by Crippen LogP contribution is -2.04. The van der Waals surface area contributed by atoms with E-state index in [2.05, 4.69) is 9.98 Å². The van der Waals surface area contributed by atoms with Crippen molar-refractivity contribution in [1.29, 1.82) is 0 Å². The topological polar surface area (TPSA) is 30.2 Å². The molecule has 0 N–H and O–H groups in total. The summed E-state index contributed by atoms with van der Waals surface area (Å²) in [6.45, 7) is 3.90. The van der Waals surface area contributed by atoms with Crippen LogP contribution in [0.3, 0.4) is 0 Å². The first kappa shape index (κ1) is 23.9. The third kappa shape index (κ3) is 6.16. The first-order valence-electron chi connectivity index (χ1n) is 10.2. The highest BCUT2D eigenvalue weighted by Gasteiger charge is 2.30. The predicted octanol–water partition coefficient (Wildman–Crippen LogP) is 7.28. The third-order valence-electron chi connectivity index (χ3n) is 4.96. The molecule has 0 saturated carbocycles. The Morgan fingerprint density at radius 1 is 0.970 bits per heavy atom. The number of benzene rings is 3. The number of fused-ring (bicyclic) bond motifs is 1. The molecule has 0 bridgehead atoms. The molecule has 0 amide bonds. The van der Waals surface area contributed by atoms with E-state index in [-0.39, 0.29) is 5.82 Å². The Bertz CT molecular complexity index is 1240. The summed E-state index contributed by atoms with van der Waals surface area (Å²) in [6, 6.07) is 17.3. The van der Waals surface area contributed by atoms with E-state index in [4.69, 9.17) is 0 Å². The van der Waals surface area contributed by atoms with Gasteiger partial charge in [0, 0.05) is 18.9 Å². The standard InChI is InChI=1S/C19H16F3N3.C7H7F/c1-13(9-10-23-2)14-3-8-17-18(11-14)25(12-24-17)16-6-4-15(5-7-16)19(20,21)22;1-6-2-4-7(8)5-3-6/h3-12H,1-2H3;2-5H,1H3/b13-9+,23-10?;. The maximum Gasteiger partial charge on any atom is 0.416 e. The van der Waals surface area contributed by atoms with Crippen molar-refractivity contribution in [1.82, 2.24) is 9.55 Å². The number of aliphatic imine (C=N–C) groups is 1. The summed E-state index contributed by atoms with van der Waals surface area (Å²) in [6.07, 6.45) is 0.891. The van der Waals surface area contributed by atoms with Crippen molar-refractivity contribution >= 4 is 22.8 Å². The van der Waals surface area contributed by atoms with Crippen LogP contribution in [0.5, 0.6) is 0 Å². The van der Waals surface area contributed by atoms with Gasteiger partial charge in [0.05, 0.1) is 16.6 Å². The van der Waals surface area contributed by atoms with E-state index in [0.29, 0.717) is 5.69 Å². The quantitative estimate of drug-likeness (QED) is 0.237. The van der Waals surface area contributed by atoms with Gasteiger partial charge in [0.1, 0.15) is 12.1 Å². The molecule has 1 aromatic heterocycles. The molecule has 3 nitrogen and oxygen atoms in total. The second kappa shape index (κ2) is 10.3. The van der Waals surface area contributed by atoms with E-state index >= 15 is 0 Å². The van der Waals surface area contributed by atoms with Gasteiger partial charge in [-0.3, -0.25) is 9.56 Å². The van der Waals surface area contributed by atoms with Gasteiger partial charge in [-0.2, -0.15) is 13.2 Å². The van der Waals surface area contributed by atoms with Crippen LogP contribution in [0, 0.1) is 12.7 Å². The van der Waals surface area contributed by atoms with Crippen LogP contribution in [0.1, 0.15) is 23.6 Å². The highest BCUT2D eigenvalue weighted by Crippen LogP contribution is 2.30. The number of nitrogens with zero attached hydrogens (tertiary/aromatic N) is 3. The molecule has 0 radical (unpaired) electrons. The molecule has 0 unspecified atom stereocenters. The number of alkyl halides is 3. The predicted molar refractivity (Wildman–Crippen MR) is 125 cm³/mol. The molecule has 7 heteroatoms. The highest BCUT2D eigenvalue weighted by atomic mass is 19.4. The van der Waals surface area contributed by atoms with Gasteiger partial charge in [-0.15, -0.1) is 0 Å². The van der Waals surface area contributed by atoms with E-state index in [1.165, 1.54) is 24.3 Å². The monoisotopic (exact) mass is 453 g/mol. The molecule has 33 heavy (non-hydrogen) atoms. The molecule has 0 aliphatic carbocycles. The van der Waals surface area contributed by atoms with Crippen LogP contribution in [-0.4, -0.2) is 22.8 Å². The minimum Gasteiger partial charge on any atom is -0.299 e. The number of imidazole rings is 1. The van der Waals surface area contributed by atoms with E-state index in [0.717, 1.165) is 39.9 Å². The fraction of sp³-hybridized carbons (Fsp3) is 0.154. The van der Waals surface area contributed by atoms with E-state index in [1.807, 2.05) is 38.1 Å². The molecule has 4 aromatic rings. The highest BCUT2D eigenvalue weighted by molar-refractivity contribution is 5.87. The first-order valence-corrected chi connectivity index (χ1v) is 10.2. The second-order valence-corrected chi connectivity index (χ2v) is 7.42. The molecule has 0 aliphatic rings. The Kier molecular flexibility index (Phi) is 7.43. The van der Waals surface area contributed by atoms with Gasteiger partial charge in [-0.1, -0.05) is 23.8 Å². The zero-order valence-corrected chi connectivity index (χ0v) is 18.4. The maximum atomic E-state index is 12.7. The summed E-state index contributed by atoms with van der Waals surface area (Å²) in [5.74, 6) is -0.171. The van der Waals surface area contributed by atoms with Gasteiger partial charge >= 0.3 is 6.18 Å². The van der Waals surface area contributed by atoms with Crippen molar-refractivity contribution in [3.8, 4) is 5.69 Å². The molecule has 0 saturated heterocycles. The van der Waals surface area contributed by atoms with Gasteiger partial charge in [-0.05, 0) is 79.6 Å². The van der Waals surface area contributed by atoms with Gasteiger partial charge in [0.25, 0.3) is 0 Å². The average molecular weight is 453 g/mol. The number of rotatable bonds is 3. The van der Waals surface area contributed by atoms with Gasteiger partial charge < -0.3 is 0 Å². The van der Waals surface area contributed by atoms with E-state index in [9.17, 15) is 17.6 Å². The molecular weight excluding hydrogens is 430 g/mol. The fourth-order valence-electron chi connectivity index (χ4n) is 3.09. The summed E-state index contributed by atoms with van der Waals surface area (Å²) in [5.41, 5.74) is 4.70. The Morgan fingerprint density at radius 3 is 2.21 bits per heavy atom. The number of aromatic nitrogens is 2. The molecule has 1 heterocycles. The minimum atomic E-state index is -4.34. The molecule has 4 rings (SSSR count). The summed E-state index contributed by atoms with van der Waals surface area (Å²) >= 11 is 0. The second-order valence-electron chi connectivity index (χ2n) is 7.42. The van der Waals surface area contributed by atoms with Gasteiger partial charge in [-0.25, -0.2) is 9.37 Å². The summed E-state index contributed by atoms with van der Waals surface area (Å²) in [4.78, 5) is 8.26. The maximum absolute atomic E-state index is 12.7. The van der Waals surface area contributed by atoms with Gasteiger partial charge in [0.2, 0.25) is 0 Å². The van der Waals surface area contributed by atoms with Crippen LogP contribution < -0.4 is 0 Å². The van der Waals surface area contributed by atoms with Crippen molar-refractivity contribution in [3.05, 3.63) is 102 Å². The van der Waals surface area contributed by atoms with Crippen LogP contribution in [0.15, 0.2) is 84.1 Å². The third-order valence-corrected chi connectivity index (χ3v) is 4.96. The number of aryl methyl sites for hydroxylation is 1. The first-order chi connectivity index (χ1) is 15.7. The lowest BCUT2D eigenvalue weighted by atomic mass is 10.1. The summed E-state index contributed by atoms with van der Waals surface area (Å²) < 4.78 is 52.0. The zero-order chi connectivity index (χ0) is 24.0. The molecule has 3 aromatic carbocycles. The average Bonchev–Trinajstić information content (AvgIpc) is 3.22. The Hall–Kier alpha value is -3.74. The smallest absolute Gasteiger partial charge is 0.299 e. The SMILES string of the molecule is CN=C/C=C(\C)c1ccc2ncn(-c3ccc(C(F)(F)F)cc3)c2c1.Cc1ccc(F)cc1. The molecule has 170 valence electrons. The molecule has 0 spiro atoms. The van der Waals surface area contributed by atoms with E-state index in [1.54, 1.807) is 36.3 Å². The normalized spacial score (nSPS) is 12.2. The van der Waals surface area contributed by atoms with Crippen LogP contribution in [0.4, 0.5) is 17.6 Å². The molecule has 0 aliphatic heterocycles. The Morgan fingerprint density at radius 2 is 1.64 bits per heavy atom. The van der Waals surface area contributed by atoms with Crippen molar-refractivity contribution in [3.63, 3.8) is 0 Å². The Balaban J connectivity index is 0.000000323. The lowest BCUT2D eigenvalue weighted by Gasteiger charge is -2.09. The van der Waals surface area contributed by atoms with Crippen molar-refractivity contribution in [2.75, 3.05) is 7.05 Å². The lowest BCUT2D eigenvalue weighted by molar-refractivity contribution is -0.137. The molecule has 0 atom stereocenters. The van der Waals surface area contributed by atoms with Crippen LogP contribution >= 0.6 is 0 Å². The largest absolute Gasteiger partial charge is 0.416 e. The van der Waals surface area contributed by atoms with Crippen LogP contribution in [0.25, 0.3) is 22.3 Å². The number of allylic oxidation sites excluding steroid dienone is 2. The van der Waals surface area contributed by atoms with E-state index < -0.39 is 11.7 Å². The van der Waals surface area contributed by atoms with Crippen molar-refractivity contribution in [2.24, 2.45) is 4.99 Å². The van der Waals surface area contributed by atoms with Crippen LogP contribution in [-0.2, 0) is 6.18 Å². The van der Waals surface area contributed by atoms with Crippen molar-refractivity contribution < 1.29 is 17.6 Å². The number of hydrogen-bond acceptors (Lipinski definition) is 2. The Labute approximate surface area is 189 Å². The van der Waals surface area contributed by atoms with Crippen LogP contribution in [0.2, 0.25) is 0 Å². The zero-order valence-electron chi connectivity index (χ0n) is 18.4. The number of halogens is 4. The minimum absolute atomic E-state index is 0.171. The van der Waals surface area contributed by atoms with Gasteiger partial charge in [0.15, 0.2) is 0 Å². The summed E-state index contributed by atoms with van der Waals surface area (Å²) in [5, 5.41) is 0. The van der Waals surface area contributed by atoms with Crippen molar-refractivity contribution in [2.45, 2.75) is 20.0 Å². The number of hydrogen-bond donors (Lipinski definition) is 0. The fourth-order valence-corrected chi connectivity index (χ4v) is 3.09.